The monoisotopic (exact) mass is 269 g/mol. The Balaban J connectivity index is 2.61. The zero-order valence-corrected chi connectivity index (χ0v) is 11.8. The molecule has 4 heteroatoms. The summed E-state index contributed by atoms with van der Waals surface area (Å²) >= 11 is 5.80. The summed E-state index contributed by atoms with van der Waals surface area (Å²) in [4.78, 5) is 12.0. The summed E-state index contributed by atoms with van der Waals surface area (Å²) in [6, 6.07) is 7.19. The third-order valence-electron chi connectivity index (χ3n) is 2.76. The second-order valence-electron chi connectivity index (χ2n) is 4.29. The first kappa shape index (κ1) is 14.8. The molecule has 0 aliphatic carbocycles. The minimum Gasteiger partial charge on any atom is -0.481 e. The Morgan fingerprint density at radius 2 is 1.89 bits per heavy atom. The summed E-state index contributed by atoms with van der Waals surface area (Å²) < 4.78 is 5.66. The van der Waals surface area contributed by atoms with E-state index in [-0.39, 0.29) is 11.9 Å². The first-order valence-corrected chi connectivity index (χ1v) is 6.67. The third kappa shape index (κ3) is 4.57. The van der Waals surface area contributed by atoms with Gasteiger partial charge in [-0.3, -0.25) is 4.79 Å². The van der Waals surface area contributed by atoms with Crippen molar-refractivity contribution in [2.45, 2.75) is 45.8 Å². The van der Waals surface area contributed by atoms with Gasteiger partial charge in [0.05, 0.1) is 0 Å². The Hall–Kier alpha value is -1.22. The van der Waals surface area contributed by atoms with Gasteiger partial charge >= 0.3 is 0 Å². The van der Waals surface area contributed by atoms with Gasteiger partial charge in [-0.15, -0.1) is 0 Å². The second kappa shape index (κ2) is 7.27. The number of rotatable bonds is 6. The maximum absolute atomic E-state index is 12.0. The molecule has 0 aliphatic heterocycles. The molecule has 0 spiro atoms. The standard InChI is InChI=1S/C14H20ClNO2/c1-4-10(3)16-14(17)13(5-2)18-12-8-6-11(15)7-9-12/h6-10,13H,4-5H2,1-3H3,(H,16,17)/t10-,13-/m1/s1. The second-order valence-corrected chi connectivity index (χ2v) is 4.72. The quantitative estimate of drug-likeness (QED) is 0.859. The van der Waals surface area contributed by atoms with Crippen LogP contribution < -0.4 is 10.1 Å². The molecule has 1 amide bonds. The van der Waals surface area contributed by atoms with Crippen LogP contribution in [0.4, 0.5) is 0 Å². The van der Waals surface area contributed by atoms with E-state index < -0.39 is 6.10 Å². The molecule has 0 saturated heterocycles. The molecule has 1 N–H and O–H groups in total. The molecule has 1 aromatic carbocycles. The van der Waals surface area contributed by atoms with Gasteiger partial charge in [-0.2, -0.15) is 0 Å². The number of carbonyl (C=O) groups is 1. The highest BCUT2D eigenvalue weighted by Crippen LogP contribution is 2.17. The minimum absolute atomic E-state index is 0.0678. The molecule has 1 aromatic rings. The molecule has 1 rings (SSSR count). The number of amides is 1. The maximum Gasteiger partial charge on any atom is 0.261 e. The van der Waals surface area contributed by atoms with Crippen LogP contribution in [0.25, 0.3) is 0 Å². The largest absolute Gasteiger partial charge is 0.481 e. The van der Waals surface area contributed by atoms with Crippen LogP contribution in [0.2, 0.25) is 5.02 Å². The van der Waals surface area contributed by atoms with Crippen LogP contribution in [0, 0.1) is 0 Å². The number of nitrogens with one attached hydrogen (secondary N) is 1. The lowest BCUT2D eigenvalue weighted by Crippen LogP contribution is -2.42. The average Bonchev–Trinajstić information content (AvgIpc) is 2.37. The molecule has 0 fully saturated rings. The fourth-order valence-electron chi connectivity index (χ4n) is 1.44. The van der Waals surface area contributed by atoms with Gasteiger partial charge in [-0.25, -0.2) is 0 Å². The maximum atomic E-state index is 12.0. The lowest BCUT2D eigenvalue weighted by Gasteiger charge is -2.19. The molecular weight excluding hydrogens is 250 g/mol. The first-order valence-electron chi connectivity index (χ1n) is 6.29. The first-order chi connectivity index (χ1) is 8.56. The van der Waals surface area contributed by atoms with E-state index >= 15 is 0 Å². The van der Waals surface area contributed by atoms with Crippen molar-refractivity contribution in [3.63, 3.8) is 0 Å². The number of hydrogen-bond acceptors (Lipinski definition) is 2. The van der Waals surface area contributed by atoms with E-state index in [9.17, 15) is 4.79 Å². The minimum atomic E-state index is -0.458. The lowest BCUT2D eigenvalue weighted by atomic mass is 10.2. The van der Waals surface area contributed by atoms with Gasteiger partial charge in [-0.1, -0.05) is 25.4 Å². The summed E-state index contributed by atoms with van der Waals surface area (Å²) in [6.45, 7) is 5.94. The van der Waals surface area contributed by atoms with Gasteiger partial charge in [0.2, 0.25) is 0 Å². The van der Waals surface area contributed by atoms with Gasteiger partial charge in [0, 0.05) is 11.1 Å². The van der Waals surface area contributed by atoms with Crippen molar-refractivity contribution >= 4 is 17.5 Å². The van der Waals surface area contributed by atoms with Gasteiger partial charge in [-0.05, 0) is 44.0 Å². The van der Waals surface area contributed by atoms with E-state index in [0.29, 0.717) is 17.2 Å². The number of carbonyl (C=O) groups excluding carboxylic acids is 1. The van der Waals surface area contributed by atoms with E-state index in [0.717, 1.165) is 6.42 Å². The highest BCUT2D eigenvalue weighted by Gasteiger charge is 2.19. The number of ether oxygens (including phenoxy) is 1. The highest BCUT2D eigenvalue weighted by molar-refractivity contribution is 6.30. The van der Waals surface area contributed by atoms with Crippen LogP contribution in [0.1, 0.15) is 33.6 Å². The van der Waals surface area contributed by atoms with Crippen molar-refractivity contribution in [3.8, 4) is 5.75 Å². The topological polar surface area (TPSA) is 38.3 Å². The van der Waals surface area contributed by atoms with Crippen LogP contribution in [-0.2, 0) is 4.79 Å². The number of benzene rings is 1. The Morgan fingerprint density at radius 1 is 1.28 bits per heavy atom. The van der Waals surface area contributed by atoms with Crippen molar-refractivity contribution in [3.05, 3.63) is 29.3 Å². The Bertz CT molecular complexity index is 378. The molecule has 18 heavy (non-hydrogen) atoms. The summed E-state index contributed by atoms with van der Waals surface area (Å²) in [5.74, 6) is 0.590. The molecule has 0 heterocycles. The molecular formula is C14H20ClNO2. The van der Waals surface area contributed by atoms with Crippen molar-refractivity contribution in [1.82, 2.24) is 5.32 Å². The van der Waals surface area contributed by atoms with Gasteiger partial charge in [0.25, 0.3) is 5.91 Å². The summed E-state index contributed by atoms with van der Waals surface area (Å²) in [5, 5.41) is 3.57. The van der Waals surface area contributed by atoms with Crippen molar-refractivity contribution < 1.29 is 9.53 Å². The summed E-state index contributed by atoms with van der Waals surface area (Å²) in [6.07, 6.45) is 1.08. The smallest absolute Gasteiger partial charge is 0.261 e. The number of hydrogen-bond donors (Lipinski definition) is 1. The molecule has 0 aliphatic rings. The zero-order chi connectivity index (χ0) is 13.5. The van der Waals surface area contributed by atoms with E-state index in [4.69, 9.17) is 16.3 Å². The Morgan fingerprint density at radius 3 is 2.39 bits per heavy atom. The summed E-state index contributed by atoms with van der Waals surface area (Å²) in [5.41, 5.74) is 0. The van der Waals surface area contributed by atoms with Gasteiger partial charge in [0.15, 0.2) is 6.10 Å². The molecule has 2 atom stereocenters. The normalized spacial score (nSPS) is 13.8. The fourth-order valence-corrected chi connectivity index (χ4v) is 1.56. The van der Waals surface area contributed by atoms with Crippen molar-refractivity contribution in [2.24, 2.45) is 0 Å². The third-order valence-corrected chi connectivity index (χ3v) is 3.01. The van der Waals surface area contributed by atoms with Crippen LogP contribution in [0.15, 0.2) is 24.3 Å². The molecule has 0 bridgehead atoms. The Labute approximate surface area is 113 Å². The lowest BCUT2D eigenvalue weighted by molar-refractivity contribution is -0.128. The van der Waals surface area contributed by atoms with Gasteiger partial charge in [0.1, 0.15) is 5.75 Å². The van der Waals surface area contributed by atoms with E-state index in [1.165, 1.54) is 0 Å². The van der Waals surface area contributed by atoms with Crippen molar-refractivity contribution in [1.29, 1.82) is 0 Å². The average molecular weight is 270 g/mol. The predicted octanol–water partition coefficient (Wildman–Crippen LogP) is 3.41. The molecule has 0 saturated carbocycles. The molecule has 0 radical (unpaired) electrons. The molecule has 3 nitrogen and oxygen atoms in total. The molecule has 100 valence electrons. The van der Waals surface area contributed by atoms with E-state index in [2.05, 4.69) is 5.32 Å². The van der Waals surface area contributed by atoms with Gasteiger partial charge < -0.3 is 10.1 Å². The molecule has 0 unspecified atom stereocenters. The fraction of sp³-hybridized carbons (Fsp3) is 0.500. The van der Waals surface area contributed by atoms with Crippen LogP contribution >= 0.6 is 11.6 Å². The SMILES string of the molecule is CC[C@@H](C)NC(=O)[C@@H](CC)Oc1ccc(Cl)cc1. The highest BCUT2D eigenvalue weighted by atomic mass is 35.5. The Kier molecular flexibility index (Phi) is 5.99. The van der Waals surface area contributed by atoms with E-state index in [1.54, 1.807) is 24.3 Å². The zero-order valence-electron chi connectivity index (χ0n) is 11.1. The van der Waals surface area contributed by atoms with Crippen molar-refractivity contribution in [2.75, 3.05) is 0 Å². The van der Waals surface area contributed by atoms with Crippen LogP contribution in [0.3, 0.4) is 0 Å². The van der Waals surface area contributed by atoms with E-state index in [1.807, 2.05) is 20.8 Å². The predicted molar refractivity (Wildman–Crippen MR) is 74.1 cm³/mol. The number of halogens is 1. The molecule has 0 aromatic heterocycles. The van der Waals surface area contributed by atoms with Crippen LogP contribution in [0.5, 0.6) is 5.75 Å². The van der Waals surface area contributed by atoms with Crippen LogP contribution in [-0.4, -0.2) is 18.1 Å². The summed E-state index contributed by atoms with van der Waals surface area (Å²) in [7, 11) is 0.